The summed E-state index contributed by atoms with van der Waals surface area (Å²) >= 11 is 0. The van der Waals surface area contributed by atoms with E-state index in [0.717, 1.165) is 0 Å². The van der Waals surface area contributed by atoms with Crippen LogP contribution in [0.25, 0.3) is 0 Å². The third-order valence-corrected chi connectivity index (χ3v) is 1.77. The Morgan fingerprint density at radius 2 is 2.36 bits per heavy atom. The minimum atomic E-state index is -0.814. The third-order valence-electron chi connectivity index (χ3n) is 1.77. The number of hydrogen-bond acceptors (Lipinski definition) is 5. The van der Waals surface area contributed by atoms with Gasteiger partial charge in [-0.25, -0.2) is 0 Å². The van der Waals surface area contributed by atoms with Gasteiger partial charge in [-0.15, -0.1) is 0 Å². The highest BCUT2D eigenvalue weighted by Gasteiger charge is 2.21. The van der Waals surface area contributed by atoms with Crippen molar-refractivity contribution in [2.75, 3.05) is 6.61 Å². The van der Waals surface area contributed by atoms with E-state index in [9.17, 15) is 10.1 Å². The van der Waals surface area contributed by atoms with Crippen molar-refractivity contribution in [3.8, 4) is 0 Å². The summed E-state index contributed by atoms with van der Waals surface area (Å²) in [5, 5.41) is 19.2. The van der Waals surface area contributed by atoms with Crippen molar-refractivity contribution < 1.29 is 14.4 Å². The van der Waals surface area contributed by atoms with Crippen LogP contribution in [0, 0.1) is 10.1 Å². The Bertz CT molecular complexity index is 332. The lowest BCUT2D eigenvalue weighted by Crippen LogP contribution is -2.42. The Morgan fingerprint density at radius 1 is 1.71 bits per heavy atom. The molecular weight excluding hydrogens is 188 g/mol. The van der Waals surface area contributed by atoms with Crippen molar-refractivity contribution in [1.82, 2.24) is 0 Å². The van der Waals surface area contributed by atoms with E-state index < -0.39 is 10.5 Å². The lowest BCUT2D eigenvalue weighted by molar-refractivity contribution is -0.402. The number of rotatable bonds is 4. The normalized spacial score (nSPS) is 15.1. The molecule has 0 saturated heterocycles. The zero-order chi connectivity index (χ0) is 10.8. The second kappa shape index (κ2) is 3.77. The van der Waals surface area contributed by atoms with Crippen molar-refractivity contribution in [2.24, 2.45) is 5.73 Å². The van der Waals surface area contributed by atoms with Crippen LogP contribution in [0.4, 0.5) is 5.88 Å². The van der Waals surface area contributed by atoms with Gasteiger partial charge in [0.2, 0.25) is 0 Å². The Labute approximate surface area is 80.5 Å². The van der Waals surface area contributed by atoms with E-state index in [4.69, 9.17) is 15.3 Å². The fraction of sp³-hybridized carbons (Fsp3) is 0.500. The molecule has 6 heteroatoms. The average Bonchev–Trinajstić information content (AvgIpc) is 2.52. The Kier molecular flexibility index (Phi) is 2.87. The zero-order valence-electron chi connectivity index (χ0n) is 7.77. The highest BCUT2D eigenvalue weighted by Crippen LogP contribution is 2.18. The van der Waals surface area contributed by atoms with Crippen LogP contribution in [0.5, 0.6) is 0 Å². The molecule has 0 amide bonds. The fourth-order valence-electron chi connectivity index (χ4n) is 1.01. The summed E-state index contributed by atoms with van der Waals surface area (Å²) < 4.78 is 4.89. The number of furan rings is 1. The second-order valence-corrected chi connectivity index (χ2v) is 3.49. The number of nitrogens with zero attached hydrogens (tertiary/aromatic N) is 1. The van der Waals surface area contributed by atoms with Crippen LogP contribution in [0.15, 0.2) is 16.5 Å². The van der Waals surface area contributed by atoms with Gasteiger partial charge in [0.05, 0.1) is 12.7 Å². The van der Waals surface area contributed by atoms with Crippen LogP contribution in [-0.4, -0.2) is 22.2 Å². The zero-order valence-corrected chi connectivity index (χ0v) is 7.77. The summed E-state index contributed by atoms with van der Waals surface area (Å²) in [6, 6.07) is 2.75. The molecule has 14 heavy (non-hydrogen) atoms. The van der Waals surface area contributed by atoms with Gasteiger partial charge in [-0.1, -0.05) is 0 Å². The van der Waals surface area contributed by atoms with E-state index in [1.165, 1.54) is 12.1 Å². The predicted molar refractivity (Wildman–Crippen MR) is 48.7 cm³/mol. The van der Waals surface area contributed by atoms with Crippen molar-refractivity contribution in [3.05, 3.63) is 28.0 Å². The topological polar surface area (TPSA) is 103 Å². The van der Waals surface area contributed by atoms with E-state index in [1.54, 1.807) is 6.92 Å². The molecule has 0 aliphatic carbocycles. The maximum Gasteiger partial charge on any atom is 0.433 e. The molecule has 1 rings (SSSR count). The molecule has 1 heterocycles. The first-order valence-electron chi connectivity index (χ1n) is 4.07. The molecule has 6 nitrogen and oxygen atoms in total. The van der Waals surface area contributed by atoms with Gasteiger partial charge < -0.3 is 15.3 Å². The van der Waals surface area contributed by atoms with Crippen molar-refractivity contribution in [3.63, 3.8) is 0 Å². The summed E-state index contributed by atoms with van der Waals surface area (Å²) in [6.45, 7) is 1.43. The number of aliphatic hydroxyl groups excluding tert-OH is 1. The van der Waals surface area contributed by atoms with Crippen LogP contribution in [0.1, 0.15) is 12.7 Å². The molecule has 1 atom stereocenters. The molecule has 3 N–H and O–H groups in total. The van der Waals surface area contributed by atoms with Crippen molar-refractivity contribution in [1.29, 1.82) is 0 Å². The van der Waals surface area contributed by atoms with Gasteiger partial charge in [-0.2, -0.15) is 0 Å². The Balaban J connectivity index is 2.73. The molecule has 0 aliphatic heterocycles. The SMILES string of the molecule is CC(N)(CO)Cc1ccc([N+](=O)[O-])o1. The maximum atomic E-state index is 10.3. The summed E-state index contributed by atoms with van der Waals surface area (Å²) in [5.41, 5.74) is 4.84. The molecule has 78 valence electrons. The molecule has 0 radical (unpaired) electrons. The van der Waals surface area contributed by atoms with Crippen molar-refractivity contribution >= 4 is 5.88 Å². The van der Waals surface area contributed by atoms with E-state index in [1.807, 2.05) is 0 Å². The molecule has 0 aliphatic rings. The van der Waals surface area contributed by atoms with Gasteiger partial charge in [-0.05, 0) is 13.0 Å². The number of aliphatic hydroxyl groups is 1. The van der Waals surface area contributed by atoms with Gasteiger partial charge in [0.25, 0.3) is 0 Å². The molecule has 0 spiro atoms. The third kappa shape index (κ3) is 2.54. The van der Waals surface area contributed by atoms with Crippen LogP contribution in [0.2, 0.25) is 0 Å². The lowest BCUT2D eigenvalue weighted by Gasteiger charge is -2.19. The van der Waals surface area contributed by atoms with E-state index in [-0.39, 0.29) is 18.9 Å². The van der Waals surface area contributed by atoms with Crippen LogP contribution in [0.3, 0.4) is 0 Å². The maximum absolute atomic E-state index is 10.3. The van der Waals surface area contributed by atoms with E-state index in [0.29, 0.717) is 5.76 Å². The minimum absolute atomic E-state index is 0.207. The van der Waals surface area contributed by atoms with E-state index in [2.05, 4.69) is 0 Å². The summed E-state index contributed by atoms with van der Waals surface area (Å²) in [4.78, 5) is 9.67. The second-order valence-electron chi connectivity index (χ2n) is 3.49. The Morgan fingerprint density at radius 3 is 2.79 bits per heavy atom. The first kappa shape index (κ1) is 10.7. The monoisotopic (exact) mass is 200 g/mol. The summed E-state index contributed by atoms with van der Waals surface area (Å²) in [7, 11) is 0. The number of nitrogens with two attached hydrogens (primary N) is 1. The van der Waals surface area contributed by atoms with Crippen LogP contribution in [-0.2, 0) is 6.42 Å². The first-order chi connectivity index (χ1) is 6.44. The van der Waals surface area contributed by atoms with Crippen LogP contribution >= 0.6 is 0 Å². The lowest BCUT2D eigenvalue weighted by atomic mass is 9.99. The Hall–Kier alpha value is -1.40. The molecular formula is C8H12N2O4. The molecule has 0 saturated carbocycles. The van der Waals surface area contributed by atoms with Gasteiger partial charge >= 0.3 is 5.88 Å². The minimum Gasteiger partial charge on any atom is -0.406 e. The van der Waals surface area contributed by atoms with Gasteiger partial charge in [0, 0.05) is 12.0 Å². The van der Waals surface area contributed by atoms with Gasteiger partial charge in [-0.3, -0.25) is 10.1 Å². The average molecular weight is 200 g/mol. The molecule has 1 aromatic rings. The molecule has 1 unspecified atom stereocenters. The number of nitro groups is 1. The van der Waals surface area contributed by atoms with E-state index >= 15 is 0 Å². The highest BCUT2D eigenvalue weighted by molar-refractivity contribution is 5.19. The van der Waals surface area contributed by atoms with Crippen molar-refractivity contribution in [2.45, 2.75) is 18.9 Å². The number of hydrogen-bond donors (Lipinski definition) is 2. The molecule has 0 fully saturated rings. The largest absolute Gasteiger partial charge is 0.433 e. The summed E-state index contributed by atoms with van der Waals surface area (Å²) in [6.07, 6.45) is 0.261. The van der Waals surface area contributed by atoms with Gasteiger partial charge in [0.15, 0.2) is 0 Å². The smallest absolute Gasteiger partial charge is 0.406 e. The fourth-order valence-corrected chi connectivity index (χ4v) is 1.01. The van der Waals surface area contributed by atoms with Gasteiger partial charge in [0.1, 0.15) is 10.7 Å². The quantitative estimate of drug-likeness (QED) is 0.542. The summed E-state index contributed by atoms with van der Waals surface area (Å²) in [5.74, 6) is 0.0875. The standard InChI is InChI=1S/C8H12N2O4/c1-8(9,5-11)4-6-2-3-7(14-6)10(12)13/h2-3,11H,4-5,9H2,1H3. The predicted octanol–water partition coefficient (Wildman–Crippen LogP) is 0.440. The first-order valence-corrected chi connectivity index (χ1v) is 4.07. The molecule has 0 aromatic carbocycles. The van der Waals surface area contributed by atoms with Crippen LogP contribution < -0.4 is 5.73 Å². The highest BCUT2D eigenvalue weighted by atomic mass is 16.6. The molecule has 1 aromatic heterocycles. The molecule has 0 bridgehead atoms.